The predicted molar refractivity (Wildman–Crippen MR) is 452 cm³/mol. The van der Waals surface area contributed by atoms with E-state index < -0.39 is 39.6 Å². The van der Waals surface area contributed by atoms with Gasteiger partial charge in [-0.05, 0) is 252 Å². The molecule has 11 aromatic rings. The smallest absolute Gasteiger partial charge is 0.441 e. The number of aryl methyl sites for hydroxylation is 6. The molecule has 3 amide bonds. The number of nitro benzene ring substituents is 1. The van der Waals surface area contributed by atoms with Crippen LogP contribution in [0.15, 0.2) is 183 Å². The van der Waals surface area contributed by atoms with E-state index in [1.807, 2.05) is 95.8 Å². The molecule has 0 saturated carbocycles. The number of fused-ring (bicyclic) bond motifs is 2. The van der Waals surface area contributed by atoms with E-state index in [0.29, 0.717) is 76.6 Å². The highest BCUT2D eigenvalue weighted by molar-refractivity contribution is 5.97. The van der Waals surface area contributed by atoms with Crippen LogP contribution in [-0.4, -0.2) is 146 Å². The third kappa shape index (κ3) is 20.8. The number of nitro groups is 1. The minimum atomic E-state index is -1.05. The standard InChI is InChI=1S/C42H50N6O6.C36H46N6O.C12H9NO8/c1-8-47(9-2)38(49)42(6,7)32-10-11-35-34(23-32)33(37(45-35)31-21-26(3)20-27(4)22-31)14-18-44-39(46-40(50)52-25-36-28(5)53-41(51)54-36)48-19-15-30(24-48)29-12-16-43-17-13-29;1-7-41(8-2)34(43)36(5,6)29-9-10-32-31(22-29)30(33(40-32)28-20-24(3)19-25(4)21-28)13-17-39-35(37)42-18-14-27(23-42)26-11-15-38-16-12-26;1-7-10(21-12(15)19-7)6-18-11(14)20-9-4-2-8(3-5-9)13(16)17/h10-13,16-17,20-23,30,45H,8-9,14-15,18-19,24-25H2,1-7H3,(H,44,46,50);9-12,15-16,19-22,27,40H,7-8,13-14,17-18,23H2,1-6H3,(H2,37,39);2-5H,6H2,1H3. The summed E-state index contributed by atoms with van der Waals surface area (Å²) in [6, 6.07) is 39.0. The average molecular weight is 1610 g/mol. The van der Waals surface area contributed by atoms with E-state index in [1.54, 1.807) is 19.3 Å². The van der Waals surface area contributed by atoms with Gasteiger partial charge in [-0.3, -0.25) is 45.0 Å². The van der Waals surface area contributed by atoms with E-state index in [2.05, 4.69) is 150 Å². The number of aromatic nitrogens is 4. The van der Waals surface area contributed by atoms with Crippen LogP contribution in [0.25, 0.3) is 44.3 Å². The van der Waals surface area contributed by atoms with Crippen molar-refractivity contribution in [1.29, 1.82) is 0 Å². The number of likely N-dealkylation sites (tertiary alicyclic amines) is 2. The van der Waals surface area contributed by atoms with Crippen molar-refractivity contribution < 1.29 is 56.0 Å². The fourth-order valence-electron chi connectivity index (χ4n) is 15.4. The Hall–Kier alpha value is -12.9. The van der Waals surface area contributed by atoms with Crippen LogP contribution in [0.4, 0.5) is 15.3 Å². The SMILES string of the molecule is CCN(CC)C(=O)C(C)(C)c1ccc2[nH]c(-c3cc(C)cc(C)c3)c(CCN=C(N)N3CCC(c4ccncc4)C3)c2c1.CCN(CC)C(=O)C(C)(C)c1ccc2[nH]c(-c3cc(C)cc(C)c3)c(CCN=C(NC(=O)OCc3oc(=O)oc3C)N3CCC(c4ccncc4)C3)c2c1.Cc1oc(=O)oc1COC(=O)Oc1ccc([N+](=O)[O-])cc1. The largest absolute Gasteiger partial charge is 0.519 e. The Labute approximate surface area is 685 Å². The number of hydrogen-bond acceptors (Lipinski definition) is 19. The molecule has 2 aliphatic rings. The number of benzene rings is 5. The Bertz CT molecular complexity index is 5530. The summed E-state index contributed by atoms with van der Waals surface area (Å²) in [5, 5.41) is 15.5. The molecular weight excluding hydrogens is 1500 g/mol. The van der Waals surface area contributed by atoms with E-state index in [9.17, 15) is 38.9 Å². The molecular formula is C90H105N13O15. The van der Waals surface area contributed by atoms with E-state index in [1.165, 1.54) is 64.6 Å². The number of amides is 3. The van der Waals surface area contributed by atoms with Gasteiger partial charge < -0.3 is 67.2 Å². The van der Waals surface area contributed by atoms with Crippen LogP contribution in [0.2, 0.25) is 0 Å². The summed E-state index contributed by atoms with van der Waals surface area (Å²) in [7, 11) is 0. The molecule has 5 aromatic carbocycles. The van der Waals surface area contributed by atoms with Crippen LogP contribution in [0, 0.1) is 51.7 Å². The number of aliphatic imine (C=N–C) groups is 2. The maximum Gasteiger partial charge on any atom is 0.519 e. The van der Waals surface area contributed by atoms with Gasteiger partial charge in [0.25, 0.3) is 5.69 Å². The Morgan fingerprint density at radius 1 is 0.576 bits per heavy atom. The molecule has 2 unspecified atom stereocenters. The first-order valence-electron chi connectivity index (χ1n) is 39.9. The van der Waals surface area contributed by atoms with Gasteiger partial charge in [-0.15, -0.1) is 0 Å². The highest BCUT2D eigenvalue weighted by Crippen LogP contribution is 2.39. The number of likely N-dealkylation sites (N-methyl/N-ethyl adjacent to an activating group) is 2. The number of hydrogen-bond donors (Lipinski definition) is 4. The number of nitrogens with two attached hydrogens (primary N) is 1. The summed E-state index contributed by atoms with van der Waals surface area (Å²) in [4.78, 5) is 118. The molecule has 0 spiro atoms. The van der Waals surface area contributed by atoms with Gasteiger partial charge in [-0.25, -0.2) is 19.2 Å². The lowest BCUT2D eigenvalue weighted by atomic mass is 9.82. The zero-order valence-corrected chi connectivity index (χ0v) is 69.6. The molecule has 8 heterocycles. The maximum atomic E-state index is 13.7. The molecule has 0 radical (unpaired) electrons. The van der Waals surface area contributed by atoms with Crippen LogP contribution >= 0.6 is 0 Å². The zero-order valence-electron chi connectivity index (χ0n) is 69.6. The highest BCUT2D eigenvalue weighted by Gasteiger charge is 2.36. The van der Waals surface area contributed by atoms with Crippen LogP contribution < -0.4 is 27.4 Å². The topological polar surface area (TPSA) is 359 Å². The summed E-state index contributed by atoms with van der Waals surface area (Å²) < 4.78 is 34.1. The normalized spacial score (nSPS) is 14.4. The van der Waals surface area contributed by atoms with Gasteiger partial charge in [0.1, 0.15) is 5.75 Å². The summed E-state index contributed by atoms with van der Waals surface area (Å²) in [6.45, 7) is 33.8. The molecule has 5 N–H and O–H groups in total. The second kappa shape index (κ2) is 38.3. The van der Waals surface area contributed by atoms with E-state index in [0.717, 1.165) is 98.9 Å². The van der Waals surface area contributed by atoms with Gasteiger partial charge >= 0.3 is 23.9 Å². The lowest BCUT2D eigenvalue weighted by Gasteiger charge is -2.31. The number of nitrogens with zero attached hydrogens (tertiary/aromatic N) is 9. The van der Waals surface area contributed by atoms with Crippen molar-refractivity contribution in [3.8, 4) is 28.3 Å². The summed E-state index contributed by atoms with van der Waals surface area (Å²) >= 11 is 0. The molecule has 28 heteroatoms. The zero-order chi connectivity index (χ0) is 84.7. The fourth-order valence-corrected chi connectivity index (χ4v) is 15.4. The van der Waals surface area contributed by atoms with Crippen LogP contribution in [0.3, 0.4) is 0 Å². The van der Waals surface area contributed by atoms with Gasteiger partial charge in [0.05, 0.1) is 15.8 Å². The first kappa shape index (κ1) is 86.0. The highest BCUT2D eigenvalue weighted by atomic mass is 16.7. The molecule has 6 aromatic heterocycles. The lowest BCUT2D eigenvalue weighted by Crippen LogP contribution is -2.43. The minimum Gasteiger partial charge on any atom is -0.441 e. The number of nitrogens with one attached hydrogen (secondary N) is 3. The average Bonchev–Trinajstić information content (AvgIpc) is 1.61. The molecule has 13 rings (SSSR count). The van der Waals surface area contributed by atoms with Gasteiger partial charge in [-0.1, -0.05) is 46.5 Å². The Kier molecular flexibility index (Phi) is 27.9. The van der Waals surface area contributed by atoms with Crippen molar-refractivity contribution in [2.75, 3.05) is 65.4 Å². The van der Waals surface area contributed by atoms with Gasteiger partial charge in [-0.2, -0.15) is 0 Å². The number of rotatable bonds is 24. The number of ether oxygens (including phenoxy) is 3. The second-order valence-electron chi connectivity index (χ2n) is 30.8. The third-order valence-electron chi connectivity index (χ3n) is 21.9. The van der Waals surface area contributed by atoms with E-state index in [-0.39, 0.29) is 65.4 Å². The number of carbonyl (C=O) groups excluding carboxylic acids is 4. The van der Waals surface area contributed by atoms with Crippen molar-refractivity contribution in [3.05, 3.63) is 256 Å². The van der Waals surface area contributed by atoms with Crippen molar-refractivity contribution in [3.63, 3.8) is 0 Å². The number of aromatic amines is 2. The van der Waals surface area contributed by atoms with E-state index >= 15 is 0 Å². The van der Waals surface area contributed by atoms with Crippen LogP contribution in [0.5, 0.6) is 5.75 Å². The first-order chi connectivity index (χ1) is 56.4. The van der Waals surface area contributed by atoms with Gasteiger partial charge in [0.15, 0.2) is 42.2 Å². The quantitative estimate of drug-likeness (QED) is 0.0109. The summed E-state index contributed by atoms with van der Waals surface area (Å²) in [6.07, 6.45) is 8.75. The predicted octanol–water partition coefficient (Wildman–Crippen LogP) is 15.7. The molecule has 620 valence electrons. The van der Waals surface area contributed by atoms with Crippen molar-refractivity contribution in [2.24, 2.45) is 15.7 Å². The van der Waals surface area contributed by atoms with Gasteiger partial charge in [0.2, 0.25) is 17.8 Å². The Morgan fingerprint density at radius 3 is 1.42 bits per heavy atom. The molecule has 28 nitrogen and oxygen atoms in total. The molecule has 2 atom stereocenters. The molecule has 2 saturated heterocycles. The molecule has 118 heavy (non-hydrogen) atoms. The summed E-state index contributed by atoms with van der Waals surface area (Å²) in [5.74, 6) is 0.939. The number of carbonyl (C=O) groups is 4. The lowest BCUT2D eigenvalue weighted by molar-refractivity contribution is -0.384. The van der Waals surface area contributed by atoms with Crippen molar-refractivity contribution in [2.45, 2.75) is 158 Å². The molecule has 2 aliphatic heterocycles. The molecule has 2 fully saturated rings. The first-order valence-corrected chi connectivity index (χ1v) is 39.9. The fraction of sp³-hybridized carbons (Fsp3) is 0.378. The number of H-pyrrole nitrogens is 2. The van der Waals surface area contributed by atoms with Crippen LogP contribution in [0.1, 0.15) is 159 Å². The van der Waals surface area contributed by atoms with E-state index in [4.69, 9.17) is 38.8 Å². The number of alkyl carbamates (subject to hydrolysis) is 1. The monoisotopic (exact) mass is 1610 g/mol. The second-order valence-corrected chi connectivity index (χ2v) is 30.8. The Balaban J connectivity index is 0.000000189. The van der Waals surface area contributed by atoms with Crippen molar-refractivity contribution >= 4 is 63.5 Å². The molecule has 0 aliphatic carbocycles. The van der Waals surface area contributed by atoms with Crippen molar-refractivity contribution in [1.82, 2.24) is 44.9 Å². The third-order valence-corrected chi connectivity index (χ3v) is 21.9. The summed E-state index contributed by atoms with van der Waals surface area (Å²) in [5.41, 5.74) is 22.9. The number of pyridine rings is 2. The number of non-ortho nitro benzene ring substituents is 1. The minimum absolute atomic E-state index is 0.0700. The molecule has 0 bridgehead atoms. The number of guanidine groups is 2. The van der Waals surface area contributed by atoms with Gasteiger partial charge in [0, 0.05) is 147 Å². The maximum absolute atomic E-state index is 13.7. The Morgan fingerprint density at radius 2 is 1.00 bits per heavy atom. The van der Waals surface area contributed by atoms with Crippen LogP contribution in [-0.2, 0) is 55.9 Å².